The summed E-state index contributed by atoms with van der Waals surface area (Å²) in [6.45, 7) is -0.270. The molecule has 0 saturated carbocycles. The molecule has 2 N–H and O–H groups in total. The van der Waals surface area contributed by atoms with Crippen molar-refractivity contribution in [2.75, 3.05) is 6.61 Å². The quantitative estimate of drug-likeness (QED) is 0.472. The lowest BCUT2D eigenvalue weighted by molar-refractivity contribution is -0.385. The standard InChI is InChI=1S/C15H12ClN3O5/c16-11-2-1-3-12(7-11)24-9-15(21)18-17-8-10-4-5-14(20)13(6-10)19(22)23/h1-8,20H,9H2,(H,18,21)/b17-8-. The molecule has 0 aliphatic carbocycles. The van der Waals surface area contributed by atoms with Crippen LogP contribution < -0.4 is 10.2 Å². The molecule has 0 spiro atoms. The molecule has 0 aliphatic rings. The van der Waals surface area contributed by atoms with Gasteiger partial charge in [0.25, 0.3) is 5.91 Å². The van der Waals surface area contributed by atoms with Gasteiger partial charge in [0.2, 0.25) is 0 Å². The van der Waals surface area contributed by atoms with Gasteiger partial charge in [0.1, 0.15) is 5.75 Å². The Morgan fingerprint density at radius 2 is 2.17 bits per heavy atom. The van der Waals surface area contributed by atoms with Gasteiger partial charge in [-0.3, -0.25) is 14.9 Å². The number of rotatable bonds is 6. The predicted molar refractivity (Wildman–Crippen MR) is 87.4 cm³/mol. The van der Waals surface area contributed by atoms with Crippen molar-refractivity contribution in [3.63, 3.8) is 0 Å². The normalized spacial score (nSPS) is 10.5. The van der Waals surface area contributed by atoms with Gasteiger partial charge < -0.3 is 9.84 Å². The number of ether oxygens (including phenoxy) is 1. The zero-order valence-electron chi connectivity index (χ0n) is 12.2. The Hall–Kier alpha value is -3.13. The molecule has 0 bridgehead atoms. The Labute approximate surface area is 141 Å². The van der Waals surface area contributed by atoms with Gasteiger partial charge in [-0.25, -0.2) is 5.43 Å². The molecular weight excluding hydrogens is 338 g/mol. The summed E-state index contributed by atoms with van der Waals surface area (Å²) in [4.78, 5) is 21.6. The van der Waals surface area contributed by atoms with Crippen molar-refractivity contribution < 1.29 is 19.6 Å². The molecule has 0 saturated heterocycles. The molecule has 0 heterocycles. The van der Waals surface area contributed by atoms with Gasteiger partial charge in [-0.05, 0) is 30.3 Å². The van der Waals surface area contributed by atoms with Crippen molar-refractivity contribution in [2.24, 2.45) is 5.10 Å². The smallest absolute Gasteiger partial charge is 0.311 e. The van der Waals surface area contributed by atoms with Crippen LogP contribution in [0.2, 0.25) is 5.02 Å². The van der Waals surface area contributed by atoms with Crippen LogP contribution in [0.25, 0.3) is 0 Å². The van der Waals surface area contributed by atoms with Crippen LogP contribution >= 0.6 is 11.6 Å². The van der Waals surface area contributed by atoms with E-state index in [4.69, 9.17) is 16.3 Å². The molecule has 2 aromatic carbocycles. The van der Waals surface area contributed by atoms with E-state index in [0.717, 1.165) is 6.07 Å². The van der Waals surface area contributed by atoms with E-state index in [0.29, 0.717) is 16.3 Å². The minimum Gasteiger partial charge on any atom is -0.502 e. The second-order valence-electron chi connectivity index (χ2n) is 4.54. The Kier molecular flexibility index (Phi) is 5.69. The van der Waals surface area contributed by atoms with Crippen LogP contribution in [0.15, 0.2) is 47.6 Å². The third-order valence-electron chi connectivity index (χ3n) is 2.77. The van der Waals surface area contributed by atoms with E-state index in [2.05, 4.69) is 10.5 Å². The third kappa shape index (κ3) is 4.96. The number of amides is 1. The van der Waals surface area contributed by atoms with Crippen molar-refractivity contribution in [1.29, 1.82) is 0 Å². The highest BCUT2D eigenvalue weighted by molar-refractivity contribution is 6.30. The minimum atomic E-state index is -0.718. The van der Waals surface area contributed by atoms with Crippen molar-refractivity contribution in [1.82, 2.24) is 5.43 Å². The lowest BCUT2D eigenvalue weighted by atomic mass is 10.2. The molecule has 0 unspecified atom stereocenters. The molecule has 0 radical (unpaired) electrons. The summed E-state index contributed by atoms with van der Waals surface area (Å²) in [5, 5.41) is 24.2. The number of phenols is 1. The van der Waals surface area contributed by atoms with E-state index in [9.17, 15) is 20.0 Å². The number of halogens is 1. The first-order chi connectivity index (χ1) is 11.5. The number of hydrazone groups is 1. The number of hydrogen-bond acceptors (Lipinski definition) is 6. The number of carbonyl (C=O) groups excluding carboxylic acids is 1. The van der Waals surface area contributed by atoms with Gasteiger partial charge in [-0.2, -0.15) is 5.10 Å². The summed E-state index contributed by atoms with van der Waals surface area (Å²) >= 11 is 5.79. The van der Waals surface area contributed by atoms with Crippen LogP contribution in [-0.2, 0) is 4.79 Å². The van der Waals surface area contributed by atoms with Crippen LogP contribution in [0, 0.1) is 10.1 Å². The van der Waals surface area contributed by atoms with E-state index in [1.807, 2.05) is 0 Å². The van der Waals surface area contributed by atoms with Gasteiger partial charge in [0.15, 0.2) is 12.4 Å². The summed E-state index contributed by atoms with van der Waals surface area (Å²) in [7, 11) is 0. The van der Waals surface area contributed by atoms with Crippen LogP contribution in [0.1, 0.15) is 5.56 Å². The molecule has 8 nitrogen and oxygen atoms in total. The molecule has 2 aromatic rings. The van der Waals surface area contributed by atoms with Crippen molar-refractivity contribution >= 4 is 29.4 Å². The zero-order chi connectivity index (χ0) is 17.5. The lowest BCUT2D eigenvalue weighted by Crippen LogP contribution is -2.24. The van der Waals surface area contributed by atoms with Gasteiger partial charge in [-0.15, -0.1) is 0 Å². The number of nitro groups is 1. The number of nitrogens with one attached hydrogen (secondary N) is 1. The fourth-order valence-electron chi connectivity index (χ4n) is 1.68. The third-order valence-corrected chi connectivity index (χ3v) is 3.00. The van der Waals surface area contributed by atoms with Crippen molar-refractivity contribution in [3.8, 4) is 11.5 Å². The van der Waals surface area contributed by atoms with E-state index < -0.39 is 22.3 Å². The summed E-state index contributed by atoms with van der Waals surface area (Å²) < 4.78 is 5.22. The Bertz CT molecular complexity index is 794. The molecule has 2 rings (SSSR count). The second-order valence-corrected chi connectivity index (χ2v) is 4.98. The van der Waals surface area contributed by atoms with E-state index >= 15 is 0 Å². The fraction of sp³-hybridized carbons (Fsp3) is 0.0667. The molecule has 0 aliphatic heterocycles. The number of phenolic OH excluding ortho intramolecular Hbond substituents is 1. The summed E-state index contributed by atoms with van der Waals surface area (Å²) in [6.07, 6.45) is 1.21. The van der Waals surface area contributed by atoms with Crippen molar-refractivity contribution in [3.05, 3.63) is 63.2 Å². The SMILES string of the molecule is O=C(COc1cccc(Cl)c1)N/N=C\c1ccc(O)c([N+](=O)[O-])c1. The van der Waals surface area contributed by atoms with Crippen LogP contribution in [0.4, 0.5) is 5.69 Å². The maximum atomic E-state index is 11.6. The first kappa shape index (κ1) is 17.2. The molecular formula is C15H12ClN3O5. The molecule has 9 heteroatoms. The maximum Gasteiger partial charge on any atom is 0.311 e. The number of aromatic hydroxyl groups is 1. The highest BCUT2D eigenvalue weighted by atomic mass is 35.5. The molecule has 0 atom stereocenters. The Morgan fingerprint density at radius 3 is 2.88 bits per heavy atom. The molecule has 24 heavy (non-hydrogen) atoms. The summed E-state index contributed by atoms with van der Waals surface area (Å²) in [5.74, 6) is -0.522. The van der Waals surface area contributed by atoms with Crippen LogP contribution in [0.5, 0.6) is 11.5 Å². The first-order valence-electron chi connectivity index (χ1n) is 6.63. The number of hydrogen-bond donors (Lipinski definition) is 2. The van der Waals surface area contributed by atoms with Crippen LogP contribution in [-0.4, -0.2) is 28.8 Å². The van der Waals surface area contributed by atoms with Gasteiger partial charge in [0.05, 0.1) is 11.1 Å². The van der Waals surface area contributed by atoms with Crippen LogP contribution in [0.3, 0.4) is 0 Å². The number of nitrogens with zero attached hydrogens (tertiary/aromatic N) is 2. The van der Waals surface area contributed by atoms with E-state index in [-0.39, 0.29) is 6.61 Å². The van der Waals surface area contributed by atoms with Gasteiger partial charge in [0, 0.05) is 16.7 Å². The lowest BCUT2D eigenvalue weighted by Gasteiger charge is -2.04. The number of nitro benzene ring substituents is 1. The molecule has 0 aromatic heterocycles. The summed E-state index contributed by atoms with van der Waals surface area (Å²) in [6, 6.07) is 10.3. The number of carbonyl (C=O) groups is 1. The van der Waals surface area contributed by atoms with E-state index in [1.54, 1.807) is 24.3 Å². The van der Waals surface area contributed by atoms with Gasteiger partial charge >= 0.3 is 5.69 Å². The average Bonchev–Trinajstić information content (AvgIpc) is 2.54. The molecule has 124 valence electrons. The fourth-order valence-corrected chi connectivity index (χ4v) is 1.86. The number of benzene rings is 2. The van der Waals surface area contributed by atoms with E-state index in [1.165, 1.54) is 18.3 Å². The highest BCUT2D eigenvalue weighted by Gasteiger charge is 2.12. The Morgan fingerprint density at radius 1 is 1.38 bits per heavy atom. The second kappa shape index (κ2) is 7.93. The minimum absolute atomic E-state index is 0.270. The molecule has 1 amide bonds. The summed E-state index contributed by atoms with van der Waals surface area (Å²) in [5.41, 5.74) is 2.11. The Balaban J connectivity index is 1.88. The van der Waals surface area contributed by atoms with Gasteiger partial charge in [-0.1, -0.05) is 17.7 Å². The predicted octanol–water partition coefficient (Wildman–Crippen LogP) is 2.48. The average molecular weight is 350 g/mol. The highest BCUT2D eigenvalue weighted by Crippen LogP contribution is 2.25. The monoisotopic (exact) mass is 349 g/mol. The maximum absolute atomic E-state index is 11.6. The van der Waals surface area contributed by atoms with Crippen molar-refractivity contribution in [2.45, 2.75) is 0 Å². The zero-order valence-corrected chi connectivity index (χ0v) is 12.9. The molecule has 0 fully saturated rings. The first-order valence-corrected chi connectivity index (χ1v) is 7.01. The largest absolute Gasteiger partial charge is 0.502 e. The topological polar surface area (TPSA) is 114 Å².